The van der Waals surface area contributed by atoms with E-state index in [0.29, 0.717) is 13.0 Å². The normalized spacial score (nSPS) is 32.3. The van der Waals surface area contributed by atoms with E-state index in [9.17, 15) is 4.79 Å². The lowest BCUT2D eigenvalue weighted by Gasteiger charge is -2.12. The molecule has 1 heterocycles. The molecule has 1 fully saturated rings. The first kappa shape index (κ1) is 8.77. The Labute approximate surface area is 69.8 Å². The highest BCUT2D eigenvalue weighted by Crippen LogP contribution is 2.20. The highest BCUT2D eigenvalue weighted by Gasteiger charge is 2.35. The molecule has 0 aliphatic carbocycles. The van der Waals surface area contributed by atoms with Crippen LogP contribution in [0, 0.1) is 0 Å². The molecule has 64 valence electrons. The fraction of sp³-hybridized carbons (Fsp3) is 0.833. The standard InChI is InChI=1S/C6H10ClNO3/c1-11-6(10)5-2-4(9)3-8(5)7/h4-5,9H,2-3H2,1H3/t4?,5-/m0/s1. The number of methoxy groups -OCH3 is 1. The van der Waals surface area contributed by atoms with Gasteiger partial charge < -0.3 is 9.84 Å². The second-order valence-corrected chi connectivity index (χ2v) is 2.94. The third kappa shape index (κ3) is 1.83. The molecule has 1 aliphatic heterocycles. The van der Waals surface area contributed by atoms with Crippen molar-refractivity contribution in [2.24, 2.45) is 0 Å². The molecule has 11 heavy (non-hydrogen) atoms. The fourth-order valence-corrected chi connectivity index (χ4v) is 1.44. The van der Waals surface area contributed by atoms with Crippen LogP contribution in [0.2, 0.25) is 0 Å². The molecule has 0 amide bonds. The zero-order chi connectivity index (χ0) is 8.43. The van der Waals surface area contributed by atoms with E-state index in [1.807, 2.05) is 0 Å². The molecule has 0 aromatic rings. The highest BCUT2D eigenvalue weighted by molar-refractivity contribution is 6.15. The van der Waals surface area contributed by atoms with Gasteiger partial charge in [0.2, 0.25) is 0 Å². The lowest BCUT2D eigenvalue weighted by molar-refractivity contribution is -0.144. The molecule has 0 aromatic carbocycles. The Morgan fingerprint density at radius 3 is 2.82 bits per heavy atom. The van der Waals surface area contributed by atoms with Crippen molar-refractivity contribution in [2.45, 2.75) is 18.6 Å². The van der Waals surface area contributed by atoms with Gasteiger partial charge in [-0.25, -0.2) is 4.42 Å². The molecule has 5 heteroatoms. The summed E-state index contributed by atoms with van der Waals surface area (Å²) in [4.78, 5) is 10.9. The van der Waals surface area contributed by atoms with Gasteiger partial charge in [0.15, 0.2) is 0 Å². The Bertz CT molecular complexity index is 164. The average molecular weight is 180 g/mol. The van der Waals surface area contributed by atoms with Gasteiger partial charge in [-0.3, -0.25) is 4.79 Å². The molecule has 2 atom stereocenters. The van der Waals surface area contributed by atoms with Crippen LogP contribution in [0.15, 0.2) is 0 Å². The topological polar surface area (TPSA) is 49.8 Å². The minimum Gasteiger partial charge on any atom is -0.468 e. The van der Waals surface area contributed by atoms with Crippen LogP contribution < -0.4 is 0 Å². The maximum atomic E-state index is 10.9. The summed E-state index contributed by atoms with van der Waals surface area (Å²) < 4.78 is 5.75. The summed E-state index contributed by atoms with van der Waals surface area (Å²) in [5, 5.41) is 9.08. The van der Waals surface area contributed by atoms with Gasteiger partial charge in [0, 0.05) is 13.0 Å². The Kier molecular flexibility index (Phi) is 2.70. The fourth-order valence-electron chi connectivity index (χ4n) is 1.12. The highest BCUT2D eigenvalue weighted by atomic mass is 35.5. The second kappa shape index (κ2) is 3.38. The van der Waals surface area contributed by atoms with Crippen LogP contribution in [0.3, 0.4) is 0 Å². The first-order valence-electron chi connectivity index (χ1n) is 3.33. The van der Waals surface area contributed by atoms with Gasteiger partial charge in [-0.1, -0.05) is 0 Å². The smallest absolute Gasteiger partial charge is 0.324 e. The first-order chi connectivity index (χ1) is 5.15. The molecule has 1 rings (SSSR count). The van der Waals surface area contributed by atoms with Gasteiger partial charge in [0.25, 0.3) is 0 Å². The maximum absolute atomic E-state index is 10.9. The largest absolute Gasteiger partial charge is 0.468 e. The second-order valence-electron chi connectivity index (χ2n) is 2.51. The Balaban J connectivity index is 2.52. The van der Waals surface area contributed by atoms with E-state index in [1.54, 1.807) is 0 Å². The number of hydrogen-bond donors (Lipinski definition) is 1. The van der Waals surface area contributed by atoms with Gasteiger partial charge >= 0.3 is 5.97 Å². The number of carbonyl (C=O) groups is 1. The molecule has 4 nitrogen and oxygen atoms in total. The van der Waals surface area contributed by atoms with Crippen LogP contribution in [0.4, 0.5) is 0 Å². The summed E-state index contributed by atoms with van der Waals surface area (Å²) in [6.45, 7) is 0.321. The number of nitrogens with zero attached hydrogens (tertiary/aromatic N) is 1. The summed E-state index contributed by atoms with van der Waals surface area (Å²) in [5.74, 6) is -0.392. The van der Waals surface area contributed by atoms with E-state index in [4.69, 9.17) is 16.9 Å². The van der Waals surface area contributed by atoms with Crippen LogP contribution in [-0.2, 0) is 9.53 Å². The zero-order valence-corrected chi connectivity index (χ0v) is 6.91. The van der Waals surface area contributed by atoms with Gasteiger partial charge in [-0.2, -0.15) is 0 Å². The summed E-state index contributed by atoms with van der Waals surface area (Å²) in [5.41, 5.74) is 0. The number of rotatable bonds is 1. The van der Waals surface area contributed by atoms with Crippen LogP contribution in [-0.4, -0.2) is 41.3 Å². The van der Waals surface area contributed by atoms with Crippen molar-refractivity contribution < 1.29 is 14.6 Å². The number of esters is 1. The summed E-state index contributed by atoms with van der Waals surface area (Å²) in [6.07, 6.45) is -0.160. The molecule has 1 saturated heterocycles. The van der Waals surface area contributed by atoms with Crippen molar-refractivity contribution in [3.63, 3.8) is 0 Å². The van der Waals surface area contributed by atoms with Crippen LogP contribution in [0.5, 0.6) is 0 Å². The third-order valence-corrected chi connectivity index (χ3v) is 2.07. The predicted molar refractivity (Wildman–Crippen MR) is 39.0 cm³/mol. The Morgan fingerprint density at radius 1 is 1.82 bits per heavy atom. The van der Waals surface area contributed by atoms with Crippen molar-refractivity contribution >= 4 is 17.7 Å². The van der Waals surface area contributed by atoms with Crippen molar-refractivity contribution in [2.75, 3.05) is 13.7 Å². The quantitative estimate of drug-likeness (QED) is 0.446. The van der Waals surface area contributed by atoms with Crippen LogP contribution in [0.25, 0.3) is 0 Å². The number of β-amino-alcohol motifs (C(OH)–C–C–N with tert-alkyl or cyclic N) is 1. The number of ether oxygens (including phenoxy) is 1. The van der Waals surface area contributed by atoms with E-state index in [2.05, 4.69) is 4.74 Å². The molecular formula is C6H10ClNO3. The molecule has 1 unspecified atom stereocenters. The third-order valence-electron chi connectivity index (χ3n) is 1.69. The predicted octanol–water partition coefficient (Wildman–Crippen LogP) is -0.252. The molecule has 1 aliphatic rings. The number of carbonyl (C=O) groups excluding carboxylic acids is 1. The van der Waals surface area contributed by atoms with E-state index in [-0.39, 0.29) is 0 Å². The molecule has 0 radical (unpaired) electrons. The monoisotopic (exact) mass is 179 g/mol. The minimum absolute atomic E-state index is 0.321. The number of aliphatic hydroxyl groups excluding tert-OH is 1. The van der Waals surface area contributed by atoms with E-state index in [1.165, 1.54) is 11.5 Å². The Hall–Kier alpha value is -0.320. The molecule has 0 saturated carbocycles. The van der Waals surface area contributed by atoms with Crippen molar-refractivity contribution in [3.05, 3.63) is 0 Å². The lowest BCUT2D eigenvalue weighted by atomic mass is 10.2. The number of hydrogen-bond acceptors (Lipinski definition) is 4. The number of halogens is 1. The SMILES string of the molecule is COC(=O)[C@@H]1CC(O)CN1Cl. The molecular weight excluding hydrogens is 170 g/mol. The Morgan fingerprint density at radius 2 is 2.45 bits per heavy atom. The maximum Gasteiger partial charge on any atom is 0.324 e. The van der Waals surface area contributed by atoms with Crippen molar-refractivity contribution in [1.82, 2.24) is 4.42 Å². The summed E-state index contributed by atoms with van der Waals surface area (Å²) >= 11 is 5.62. The average Bonchev–Trinajstić information content (AvgIpc) is 2.28. The van der Waals surface area contributed by atoms with Gasteiger partial charge in [-0.05, 0) is 11.8 Å². The molecule has 0 spiro atoms. The van der Waals surface area contributed by atoms with Crippen LogP contribution >= 0.6 is 11.8 Å². The van der Waals surface area contributed by atoms with E-state index in [0.717, 1.165) is 0 Å². The summed E-state index contributed by atoms with van der Waals surface area (Å²) in [7, 11) is 1.30. The molecule has 0 bridgehead atoms. The van der Waals surface area contributed by atoms with E-state index >= 15 is 0 Å². The number of aliphatic hydroxyl groups is 1. The van der Waals surface area contributed by atoms with Crippen molar-refractivity contribution in [3.8, 4) is 0 Å². The zero-order valence-electron chi connectivity index (χ0n) is 6.16. The van der Waals surface area contributed by atoms with Crippen LogP contribution in [0.1, 0.15) is 6.42 Å². The van der Waals surface area contributed by atoms with Gasteiger partial charge in [0.1, 0.15) is 6.04 Å². The van der Waals surface area contributed by atoms with E-state index < -0.39 is 18.1 Å². The first-order valence-corrected chi connectivity index (χ1v) is 3.67. The molecule has 0 aromatic heterocycles. The minimum atomic E-state index is -0.517. The van der Waals surface area contributed by atoms with Gasteiger partial charge in [-0.15, -0.1) is 0 Å². The van der Waals surface area contributed by atoms with Crippen molar-refractivity contribution in [1.29, 1.82) is 0 Å². The van der Waals surface area contributed by atoms with Gasteiger partial charge in [0.05, 0.1) is 13.2 Å². The summed E-state index contributed by atoms with van der Waals surface area (Å²) in [6, 6.07) is -0.489. The molecule has 1 N–H and O–H groups in total. The lowest BCUT2D eigenvalue weighted by Crippen LogP contribution is -2.30.